The summed E-state index contributed by atoms with van der Waals surface area (Å²) in [6.45, 7) is 0. The first kappa shape index (κ1) is 17.0. The van der Waals surface area contributed by atoms with Crippen LogP contribution in [0.3, 0.4) is 0 Å². The van der Waals surface area contributed by atoms with E-state index in [9.17, 15) is 9.30 Å². The molecule has 1 aliphatic rings. The van der Waals surface area contributed by atoms with E-state index in [1.165, 1.54) is 12.3 Å². The maximum atomic E-state index is 13.4. The lowest BCUT2D eigenvalue weighted by atomic mass is 10.0. The van der Waals surface area contributed by atoms with Crippen molar-refractivity contribution >= 4 is 18.6 Å². The molecule has 1 N–H and O–H groups in total. The molecule has 2 heterocycles. The van der Waals surface area contributed by atoms with E-state index < -0.39 is 0 Å². The Kier molecular flexibility index (Phi) is 5.55. The van der Waals surface area contributed by atoms with E-state index in [1.807, 2.05) is 12.1 Å². The highest BCUT2D eigenvalue weighted by molar-refractivity contribution is 7.75. The maximum absolute atomic E-state index is 13.4. The van der Waals surface area contributed by atoms with Crippen molar-refractivity contribution in [2.75, 3.05) is 0 Å². The number of benzene rings is 1. The molecule has 1 aromatic carbocycles. The molecule has 0 spiro atoms. The number of nitrogens with zero attached hydrogens (tertiary/aromatic N) is 2. The summed E-state index contributed by atoms with van der Waals surface area (Å²) in [5.41, 5.74) is 2.24. The SMILES string of the molecule is O=Nc1ccc(C[C@@H]2CC[C@H]([C@H](OS)c3cncc(F)c3)N2)cc1. The van der Waals surface area contributed by atoms with Crippen molar-refractivity contribution in [2.45, 2.75) is 37.5 Å². The van der Waals surface area contributed by atoms with E-state index in [4.69, 9.17) is 4.18 Å². The molecule has 5 nitrogen and oxygen atoms in total. The number of thiol groups is 1. The highest BCUT2D eigenvalue weighted by atomic mass is 32.1. The molecule has 0 aliphatic carbocycles. The van der Waals surface area contributed by atoms with Crippen molar-refractivity contribution in [2.24, 2.45) is 5.18 Å². The fourth-order valence-electron chi connectivity index (χ4n) is 3.18. The van der Waals surface area contributed by atoms with Gasteiger partial charge in [0.2, 0.25) is 0 Å². The number of aromatic nitrogens is 1. The number of hydrogen-bond acceptors (Lipinski definition) is 6. The highest BCUT2D eigenvalue weighted by Crippen LogP contribution is 2.30. The zero-order chi connectivity index (χ0) is 16.9. The number of nitroso groups, excluding NO2 is 1. The van der Waals surface area contributed by atoms with E-state index >= 15 is 0 Å². The van der Waals surface area contributed by atoms with Gasteiger partial charge in [-0.25, -0.2) is 4.39 Å². The summed E-state index contributed by atoms with van der Waals surface area (Å²) < 4.78 is 18.7. The second-order valence-electron chi connectivity index (χ2n) is 5.97. The quantitative estimate of drug-likeness (QED) is 0.473. The van der Waals surface area contributed by atoms with Gasteiger partial charge in [0, 0.05) is 23.8 Å². The Morgan fingerprint density at radius 1 is 1.33 bits per heavy atom. The van der Waals surface area contributed by atoms with Crippen LogP contribution in [-0.2, 0) is 10.6 Å². The third-order valence-electron chi connectivity index (χ3n) is 4.33. The molecular formula is C17H18FN3O2S. The maximum Gasteiger partial charge on any atom is 0.141 e. The first-order valence-electron chi connectivity index (χ1n) is 7.78. The average molecular weight is 347 g/mol. The van der Waals surface area contributed by atoms with E-state index in [1.54, 1.807) is 18.3 Å². The minimum absolute atomic E-state index is 0.0482. The largest absolute Gasteiger partial charge is 0.309 e. The summed E-state index contributed by atoms with van der Waals surface area (Å²) in [4.78, 5) is 14.3. The Bertz CT molecular complexity index is 698. The lowest BCUT2D eigenvalue weighted by Crippen LogP contribution is -2.35. The zero-order valence-electron chi connectivity index (χ0n) is 12.9. The van der Waals surface area contributed by atoms with Crippen LogP contribution in [0.5, 0.6) is 0 Å². The van der Waals surface area contributed by atoms with Crippen molar-refractivity contribution < 1.29 is 8.57 Å². The lowest BCUT2D eigenvalue weighted by Gasteiger charge is -2.23. The second kappa shape index (κ2) is 7.83. The van der Waals surface area contributed by atoms with Gasteiger partial charge in [0.15, 0.2) is 0 Å². The van der Waals surface area contributed by atoms with Crippen LogP contribution in [0.4, 0.5) is 10.1 Å². The molecule has 0 bridgehead atoms. The standard InChI is InChI=1S/C17H18FN3O2S/c18-13-8-12(9-19-10-13)17(23-24)16-6-5-15(20-16)7-11-1-3-14(21-22)4-2-11/h1-4,8-10,15-17,20,24H,5-7H2/t15-,16+,17+/m0/s1. The Morgan fingerprint density at radius 2 is 2.12 bits per heavy atom. The molecule has 24 heavy (non-hydrogen) atoms. The molecule has 3 atom stereocenters. The van der Waals surface area contributed by atoms with Crippen LogP contribution < -0.4 is 5.32 Å². The van der Waals surface area contributed by atoms with Crippen molar-refractivity contribution in [1.82, 2.24) is 10.3 Å². The van der Waals surface area contributed by atoms with Gasteiger partial charge < -0.3 is 9.50 Å². The average Bonchev–Trinajstić information content (AvgIpc) is 3.04. The Labute approximate surface area is 145 Å². The van der Waals surface area contributed by atoms with Crippen LogP contribution in [0.1, 0.15) is 30.1 Å². The minimum Gasteiger partial charge on any atom is -0.309 e. The van der Waals surface area contributed by atoms with Crippen LogP contribution in [0.15, 0.2) is 47.9 Å². The van der Waals surface area contributed by atoms with Gasteiger partial charge in [0.05, 0.1) is 6.20 Å². The molecular weight excluding hydrogens is 329 g/mol. The summed E-state index contributed by atoms with van der Waals surface area (Å²) in [6, 6.07) is 9.02. The molecule has 1 aliphatic heterocycles. The van der Waals surface area contributed by atoms with Gasteiger partial charge in [-0.3, -0.25) is 4.98 Å². The predicted octanol–water partition coefficient (Wildman–Crippen LogP) is 3.88. The van der Waals surface area contributed by atoms with E-state index in [0.717, 1.165) is 24.8 Å². The Balaban J connectivity index is 1.64. The van der Waals surface area contributed by atoms with Crippen LogP contribution in [0.25, 0.3) is 0 Å². The molecule has 0 unspecified atom stereocenters. The van der Waals surface area contributed by atoms with Gasteiger partial charge >= 0.3 is 0 Å². The smallest absolute Gasteiger partial charge is 0.141 e. The summed E-state index contributed by atoms with van der Waals surface area (Å²) in [5, 5.41) is 6.43. The molecule has 126 valence electrons. The first-order chi connectivity index (χ1) is 11.7. The molecule has 2 aromatic rings. The van der Waals surface area contributed by atoms with Crippen LogP contribution >= 0.6 is 12.9 Å². The minimum atomic E-state index is -0.388. The topological polar surface area (TPSA) is 63.6 Å². The number of rotatable bonds is 6. The van der Waals surface area contributed by atoms with Crippen molar-refractivity contribution in [3.8, 4) is 0 Å². The monoisotopic (exact) mass is 347 g/mol. The normalized spacial score (nSPS) is 21.6. The number of pyridine rings is 1. The van der Waals surface area contributed by atoms with E-state index in [0.29, 0.717) is 11.3 Å². The molecule has 1 saturated heterocycles. The second-order valence-corrected chi connectivity index (χ2v) is 6.18. The predicted molar refractivity (Wildman–Crippen MR) is 92.6 cm³/mol. The fraction of sp³-hybridized carbons (Fsp3) is 0.353. The van der Waals surface area contributed by atoms with Crippen LogP contribution in [0.2, 0.25) is 0 Å². The van der Waals surface area contributed by atoms with E-state index in [2.05, 4.69) is 28.4 Å². The van der Waals surface area contributed by atoms with E-state index in [-0.39, 0.29) is 24.0 Å². The van der Waals surface area contributed by atoms with Gasteiger partial charge in [-0.2, -0.15) is 0 Å². The van der Waals surface area contributed by atoms with Crippen molar-refractivity contribution in [1.29, 1.82) is 0 Å². The summed E-state index contributed by atoms with van der Waals surface area (Å²) in [6.07, 6.45) is 5.14. The molecule has 0 radical (unpaired) electrons. The van der Waals surface area contributed by atoms with Crippen molar-refractivity contribution in [3.63, 3.8) is 0 Å². The molecule has 1 fully saturated rings. The van der Waals surface area contributed by atoms with Gasteiger partial charge in [-0.1, -0.05) is 12.1 Å². The van der Waals surface area contributed by atoms with Crippen LogP contribution in [0, 0.1) is 10.7 Å². The van der Waals surface area contributed by atoms with Gasteiger partial charge in [-0.05, 0) is 61.1 Å². The Morgan fingerprint density at radius 3 is 2.79 bits per heavy atom. The van der Waals surface area contributed by atoms with Crippen molar-refractivity contribution in [3.05, 3.63) is 64.6 Å². The number of halogens is 1. The summed E-state index contributed by atoms with van der Waals surface area (Å²) in [5.74, 6) is -0.388. The molecule has 7 heteroatoms. The summed E-state index contributed by atoms with van der Waals surface area (Å²) in [7, 11) is 0. The molecule has 1 aromatic heterocycles. The zero-order valence-corrected chi connectivity index (χ0v) is 13.8. The summed E-state index contributed by atoms with van der Waals surface area (Å²) >= 11 is 3.96. The molecule has 0 saturated carbocycles. The van der Waals surface area contributed by atoms with Gasteiger partial charge in [0.25, 0.3) is 0 Å². The van der Waals surface area contributed by atoms with Crippen LogP contribution in [-0.4, -0.2) is 17.1 Å². The van der Waals surface area contributed by atoms with Gasteiger partial charge in [-0.15, -0.1) is 4.91 Å². The molecule has 3 rings (SSSR count). The fourth-order valence-corrected chi connectivity index (χ4v) is 3.45. The Hall–Kier alpha value is -1.83. The highest BCUT2D eigenvalue weighted by Gasteiger charge is 2.32. The number of hydrogen-bond donors (Lipinski definition) is 2. The third kappa shape index (κ3) is 3.98. The number of nitrogens with one attached hydrogen (secondary N) is 1. The lowest BCUT2D eigenvalue weighted by molar-refractivity contribution is 0.197. The first-order valence-corrected chi connectivity index (χ1v) is 8.15. The molecule has 0 amide bonds. The third-order valence-corrected chi connectivity index (χ3v) is 4.56. The van der Waals surface area contributed by atoms with Gasteiger partial charge in [0.1, 0.15) is 17.6 Å².